The van der Waals surface area contributed by atoms with E-state index in [4.69, 9.17) is 4.74 Å². The van der Waals surface area contributed by atoms with Crippen molar-refractivity contribution >= 4 is 5.96 Å². The fraction of sp³-hybridized carbons (Fsp3) is 0.632. The maximum absolute atomic E-state index is 5.21. The van der Waals surface area contributed by atoms with E-state index in [9.17, 15) is 0 Å². The highest BCUT2D eigenvalue weighted by Gasteiger charge is 2.19. The number of guanidine groups is 1. The van der Waals surface area contributed by atoms with Crippen molar-refractivity contribution < 1.29 is 4.74 Å². The van der Waals surface area contributed by atoms with Gasteiger partial charge in [0.25, 0.3) is 0 Å². The van der Waals surface area contributed by atoms with Crippen molar-refractivity contribution in [2.75, 3.05) is 61.0 Å². The quantitative estimate of drug-likeness (QED) is 0.621. The van der Waals surface area contributed by atoms with Crippen LogP contribution in [0.25, 0.3) is 0 Å². The van der Waals surface area contributed by atoms with Gasteiger partial charge in [-0.05, 0) is 31.7 Å². The van der Waals surface area contributed by atoms with Crippen molar-refractivity contribution in [1.82, 2.24) is 20.0 Å². The van der Waals surface area contributed by atoms with Gasteiger partial charge in [-0.15, -0.1) is 0 Å². The Labute approximate surface area is 152 Å². The van der Waals surface area contributed by atoms with Crippen LogP contribution in [0.5, 0.6) is 5.75 Å². The van der Waals surface area contributed by atoms with Crippen LogP contribution < -0.4 is 10.1 Å². The number of hydrogen-bond acceptors (Lipinski definition) is 4. The van der Waals surface area contributed by atoms with Crippen molar-refractivity contribution in [2.24, 2.45) is 4.99 Å². The van der Waals surface area contributed by atoms with Crippen LogP contribution in [-0.2, 0) is 6.54 Å². The molecule has 0 bridgehead atoms. The van der Waals surface area contributed by atoms with Gasteiger partial charge in [0.1, 0.15) is 5.75 Å². The Morgan fingerprint density at radius 2 is 1.88 bits per heavy atom. The van der Waals surface area contributed by atoms with E-state index in [1.165, 1.54) is 5.56 Å². The number of rotatable bonds is 6. The lowest BCUT2D eigenvalue weighted by Crippen LogP contribution is -2.52. The summed E-state index contributed by atoms with van der Waals surface area (Å²) in [5.41, 5.74) is 1.23. The smallest absolute Gasteiger partial charge is 0.193 e. The number of nitrogens with one attached hydrogen (secondary N) is 1. The van der Waals surface area contributed by atoms with Gasteiger partial charge in [0.2, 0.25) is 0 Å². The summed E-state index contributed by atoms with van der Waals surface area (Å²) in [5.74, 6) is 1.81. The normalized spacial score (nSPS) is 18.0. The number of methoxy groups -OCH3 is 1. The van der Waals surface area contributed by atoms with E-state index in [0.717, 1.165) is 51.0 Å². The Balaban J connectivity index is 1.82. The largest absolute Gasteiger partial charge is 0.497 e. The highest BCUT2D eigenvalue weighted by atomic mass is 16.5. The number of ether oxygens (including phenoxy) is 1. The van der Waals surface area contributed by atoms with Crippen LogP contribution in [0.3, 0.4) is 0 Å². The van der Waals surface area contributed by atoms with Crippen LogP contribution in [0, 0.1) is 0 Å². The second-order valence-electron chi connectivity index (χ2n) is 6.82. The van der Waals surface area contributed by atoms with Gasteiger partial charge >= 0.3 is 0 Å². The first-order chi connectivity index (χ1) is 12.0. The van der Waals surface area contributed by atoms with E-state index in [0.29, 0.717) is 6.04 Å². The molecule has 0 aromatic heterocycles. The summed E-state index contributed by atoms with van der Waals surface area (Å²) >= 11 is 0. The number of likely N-dealkylation sites (N-methyl/N-ethyl adjacent to an activating group) is 1. The highest BCUT2D eigenvalue weighted by Crippen LogP contribution is 2.12. The lowest BCUT2D eigenvalue weighted by Gasteiger charge is -2.37. The molecule has 1 saturated heterocycles. The lowest BCUT2D eigenvalue weighted by atomic mass is 10.2. The van der Waals surface area contributed by atoms with Crippen LogP contribution in [0.2, 0.25) is 0 Å². The van der Waals surface area contributed by atoms with Crippen LogP contribution >= 0.6 is 0 Å². The maximum atomic E-state index is 5.21. The van der Waals surface area contributed by atoms with Crippen molar-refractivity contribution in [3.8, 4) is 5.75 Å². The molecular weight excluding hydrogens is 314 g/mol. The molecule has 1 atom stereocenters. The molecule has 25 heavy (non-hydrogen) atoms. The van der Waals surface area contributed by atoms with Crippen LogP contribution in [0.15, 0.2) is 29.3 Å². The van der Waals surface area contributed by atoms with Crippen molar-refractivity contribution in [3.05, 3.63) is 29.8 Å². The third-order valence-electron chi connectivity index (χ3n) is 4.87. The van der Waals surface area contributed by atoms with Crippen molar-refractivity contribution in [2.45, 2.75) is 19.5 Å². The zero-order chi connectivity index (χ0) is 18.2. The Hall–Kier alpha value is -1.79. The van der Waals surface area contributed by atoms with E-state index in [1.807, 2.05) is 19.2 Å². The lowest BCUT2D eigenvalue weighted by molar-refractivity contribution is 0.119. The van der Waals surface area contributed by atoms with Gasteiger partial charge in [-0.2, -0.15) is 0 Å². The molecule has 1 aromatic carbocycles. The maximum Gasteiger partial charge on any atom is 0.193 e. The number of hydrogen-bond donors (Lipinski definition) is 1. The second-order valence-corrected chi connectivity index (χ2v) is 6.82. The molecule has 6 heteroatoms. The molecule has 140 valence electrons. The molecule has 1 unspecified atom stereocenters. The Bertz CT molecular complexity index is 537. The number of aliphatic imine (C=N–C) groups is 1. The minimum absolute atomic E-state index is 0.500. The summed E-state index contributed by atoms with van der Waals surface area (Å²) < 4.78 is 5.21. The molecule has 1 aliphatic heterocycles. The van der Waals surface area contributed by atoms with E-state index in [-0.39, 0.29) is 0 Å². The predicted molar refractivity (Wildman–Crippen MR) is 104 cm³/mol. The molecule has 0 radical (unpaired) electrons. The van der Waals surface area contributed by atoms with Gasteiger partial charge in [-0.3, -0.25) is 9.89 Å². The van der Waals surface area contributed by atoms with Gasteiger partial charge in [-0.1, -0.05) is 12.1 Å². The van der Waals surface area contributed by atoms with Crippen LogP contribution in [-0.4, -0.2) is 87.7 Å². The second kappa shape index (κ2) is 9.63. The fourth-order valence-electron chi connectivity index (χ4n) is 3.10. The summed E-state index contributed by atoms with van der Waals surface area (Å²) in [6, 6.07) is 8.68. The molecule has 1 heterocycles. The average molecular weight is 348 g/mol. The third kappa shape index (κ3) is 5.90. The first-order valence-corrected chi connectivity index (χ1v) is 9.00. The molecule has 0 spiro atoms. The number of nitrogens with zero attached hydrogens (tertiary/aromatic N) is 4. The topological polar surface area (TPSA) is 43.3 Å². The van der Waals surface area contributed by atoms with Crippen LogP contribution in [0.4, 0.5) is 0 Å². The van der Waals surface area contributed by atoms with E-state index in [1.54, 1.807) is 7.11 Å². The van der Waals surface area contributed by atoms with E-state index < -0.39 is 0 Å². The first-order valence-electron chi connectivity index (χ1n) is 9.00. The monoisotopic (exact) mass is 347 g/mol. The molecule has 1 N–H and O–H groups in total. The van der Waals surface area contributed by atoms with Crippen molar-refractivity contribution in [3.63, 3.8) is 0 Å². The van der Waals surface area contributed by atoms with Crippen molar-refractivity contribution in [1.29, 1.82) is 0 Å². The molecule has 1 aromatic rings. The summed E-state index contributed by atoms with van der Waals surface area (Å²) in [6.45, 7) is 8.58. The molecule has 0 amide bonds. The standard InChI is InChI=1S/C19H33N5O/c1-16(24-12-10-22(3)11-13-24)14-21-19(20-2)23(4)15-17-6-8-18(25-5)9-7-17/h6-9,16H,10-15H2,1-5H3,(H,20,21). The highest BCUT2D eigenvalue weighted by molar-refractivity contribution is 5.79. The van der Waals surface area contributed by atoms with E-state index >= 15 is 0 Å². The molecular formula is C19H33N5O. The molecule has 0 saturated carbocycles. The van der Waals surface area contributed by atoms with Gasteiger partial charge < -0.3 is 19.9 Å². The minimum Gasteiger partial charge on any atom is -0.497 e. The van der Waals surface area contributed by atoms with Gasteiger partial charge in [0.05, 0.1) is 7.11 Å². The Kier molecular flexibility index (Phi) is 7.52. The minimum atomic E-state index is 0.500. The van der Waals surface area contributed by atoms with Crippen LogP contribution in [0.1, 0.15) is 12.5 Å². The number of piperazine rings is 1. The summed E-state index contributed by atoms with van der Waals surface area (Å²) in [4.78, 5) is 11.5. The van der Waals surface area contributed by atoms with Gasteiger partial charge in [0, 0.05) is 59.4 Å². The predicted octanol–water partition coefficient (Wildman–Crippen LogP) is 1.34. The zero-order valence-corrected chi connectivity index (χ0v) is 16.3. The summed E-state index contributed by atoms with van der Waals surface area (Å²) in [5, 5.41) is 3.52. The average Bonchev–Trinajstić information content (AvgIpc) is 2.63. The third-order valence-corrected chi connectivity index (χ3v) is 4.87. The Morgan fingerprint density at radius 3 is 2.44 bits per heavy atom. The first kappa shape index (κ1) is 19.5. The fourth-order valence-corrected chi connectivity index (χ4v) is 3.10. The van der Waals surface area contributed by atoms with Gasteiger partial charge in [-0.25, -0.2) is 0 Å². The SMILES string of the molecule is CN=C(NCC(C)N1CCN(C)CC1)N(C)Cc1ccc(OC)cc1. The zero-order valence-electron chi connectivity index (χ0n) is 16.3. The van der Waals surface area contributed by atoms with Gasteiger partial charge in [0.15, 0.2) is 5.96 Å². The molecule has 6 nitrogen and oxygen atoms in total. The Morgan fingerprint density at radius 1 is 1.24 bits per heavy atom. The molecule has 1 fully saturated rings. The van der Waals surface area contributed by atoms with E-state index in [2.05, 4.69) is 58.2 Å². The molecule has 1 aliphatic rings. The number of benzene rings is 1. The molecule has 2 rings (SSSR count). The molecule has 0 aliphatic carbocycles. The summed E-state index contributed by atoms with van der Waals surface area (Å²) in [7, 11) is 7.79. The summed E-state index contributed by atoms with van der Waals surface area (Å²) in [6.07, 6.45) is 0.